The third kappa shape index (κ3) is 5.22. The molecule has 2 heterocycles. The van der Waals surface area contributed by atoms with Crippen molar-refractivity contribution in [2.45, 2.75) is 32.7 Å². The summed E-state index contributed by atoms with van der Waals surface area (Å²) in [6, 6.07) is 10.4. The number of hydrogen-bond acceptors (Lipinski definition) is 4. The van der Waals surface area contributed by atoms with Gasteiger partial charge in [0.2, 0.25) is 0 Å². The Morgan fingerprint density at radius 3 is 2.69 bits per heavy atom. The highest BCUT2D eigenvalue weighted by atomic mass is 35.5. The topological polar surface area (TPSA) is 41.6 Å². The van der Waals surface area contributed by atoms with Crippen LogP contribution in [0.4, 0.5) is 0 Å². The van der Waals surface area contributed by atoms with Crippen molar-refractivity contribution in [3.05, 3.63) is 51.7 Å². The Morgan fingerprint density at radius 2 is 2.00 bits per heavy atom. The quantitative estimate of drug-likeness (QED) is 0.768. The van der Waals surface area contributed by atoms with Gasteiger partial charge < -0.3 is 10.1 Å². The summed E-state index contributed by atoms with van der Waals surface area (Å²) in [5, 5.41) is 5.15. The number of nitrogens with zero attached hydrogens (tertiary/aromatic N) is 1. The van der Waals surface area contributed by atoms with Crippen LogP contribution in [0.1, 0.15) is 34.9 Å². The minimum atomic E-state index is -0.0679. The molecule has 1 amide bonds. The Morgan fingerprint density at radius 1 is 1.23 bits per heavy atom. The molecule has 1 aliphatic rings. The van der Waals surface area contributed by atoms with E-state index in [1.54, 1.807) is 11.3 Å². The van der Waals surface area contributed by atoms with Crippen LogP contribution in [0.3, 0.4) is 0 Å². The van der Waals surface area contributed by atoms with Crippen LogP contribution in [0.2, 0.25) is 0 Å². The number of likely N-dealkylation sites (tertiary alicyclic amines) is 1. The lowest BCUT2D eigenvalue weighted by molar-refractivity contribution is -0.123. The van der Waals surface area contributed by atoms with E-state index in [1.807, 2.05) is 32.0 Å². The number of carbonyl (C=O) groups is 1. The minimum Gasteiger partial charge on any atom is -0.483 e. The molecule has 0 saturated carbocycles. The summed E-state index contributed by atoms with van der Waals surface area (Å²) < 4.78 is 5.70. The van der Waals surface area contributed by atoms with E-state index in [-0.39, 0.29) is 31.0 Å². The van der Waals surface area contributed by atoms with Crippen molar-refractivity contribution in [2.75, 3.05) is 26.2 Å². The molecule has 142 valence electrons. The summed E-state index contributed by atoms with van der Waals surface area (Å²) in [4.78, 5) is 16.0. The van der Waals surface area contributed by atoms with Gasteiger partial charge in [0.1, 0.15) is 5.75 Å². The number of amides is 1. The number of halogens is 1. The second kappa shape index (κ2) is 9.95. The van der Waals surface area contributed by atoms with Gasteiger partial charge in [-0.2, -0.15) is 0 Å². The molecule has 26 heavy (non-hydrogen) atoms. The van der Waals surface area contributed by atoms with Crippen LogP contribution in [0.25, 0.3) is 0 Å². The average molecular weight is 395 g/mol. The van der Waals surface area contributed by atoms with Gasteiger partial charge in [-0.15, -0.1) is 23.7 Å². The minimum absolute atomic E-state index is 0. The molecular formula is C20H27ClN2O2S. The van der Waals surface area contributed by atoms with E-state index in [0.29, 0.717) is 6.54 Å². The number of thiophene rings is 1. The molecule has 1 aromatic heterocycles. The van der Waals surface area contributed by atoms with E-state index in [1.165, 1.54) is 23.3 Å². The maximum atomic E-state index is 12.3. The summed E-state index contributed by atoms with van der Waals surface area (Å²) >= 11 is 1.76. The largest absolute Gasteiger partial charge is 0.483 e. The predicted octanol–water partition coefficient (Wildman–Crippen LogP) is 4.12. The van der Waals surface area contributed by atoms with E-state index in [4.69, 9.17) is 4.74 Å². The molecule has 0 bridgehead atoms. The molecule has 6 heteroatoms. The first-order valence-corrected chi connectivity index (χ1v) is 9.76. The first-order chi connectivity index (χ1) is 12.1. The van der Waals surface area contributed by atoms with Gasteiger partial charge in [-0.05, 0) is 68.4 Å². The highest BCUT2D eigenvalue weighted by Gasteiger charge is 2.24. The summed E-state index contributed by atoms with van der Waals surface area (Å²) in [5.41, 5.74) is 2.26. The van der Waals surface area contributed by atoms with E-state index in [9.17, 15) is 4.79 Å². The molecule has 2 aromatic rings. The molecule has 0 radical (unpaired) electrons. The van der Waals surface area contributed by atoms with Crippen LogP contribution >= 0.6 is 23.7 Å². The molecule has 0 aliphatic carbocycles. The molecule has 1 atom stereocenters. The molecule has 1 aliphatic heterocycles. The normalized spacial score (nSPS) is 15.3. The van der Waals surface area contributed by atoms with Crippen molar-refractivity contribution in [1.29, 1.82) is 0 Å². The Hall–Kier alpha value is -1.56. The highest BCUT2D eigenvalue weighted by Crippen LogP contribution is 2.27. The lowest BCUT2D eigenvalue weighted by Crippen LogP contribution is -2.38. The van der Waals surface area contributed by atoms with Crippen molar-refractivity contribution in [2.24, 2.45) is 0 Å². The standard InChI is InChI=1S/C20H26N2O2S.ClH/c1-15-7-5-8-18(16(15)2)24-14-20(23)21-13-17(19-9-6-12-25-19)22-10-3-4-11-22;/h5-9,12,17H,3-4,10-11,13-14H2,1-2H3,(H,21,23);1H. The lowest BCUT2D eigenvalue weighted by Gasteiger charge is -2.26. The van der Waals surface area contributed by atoms with E-state index in [0.717, 1.165) is 24.4 Å². The second-order valence-corrected chi connectivity index (χ2v) is 7.54. The van der Waals surface area contributed by atoms with Crippen molar-refractivity contribution in [3.63, 3.8) is 0 Å². The second-order valence-electron chi connectivity index (χ2n) is 6.57. The number of ether oxygens (including phenoxy) is 1. The van der Waals surface area contributed by atoms with Crippen molar-refractivity contribution >= 4 is 29.7 Å². The van der Waals surface area contributed by atoms with Gasteiger partial charge in [0.05, 0.1) is 6.04 Å². The number of carbonyl (C=O) groups excluding carboxylic acids is 1. The SMILES string of the molecule is Cc1cccc(OCC(=O)NCC(c2cccs2)N2CCCC2)c1C.Cl. The van der Waals surface area contributed by atoms with Crippen LogP contribution in [0.15, 0.2) is 35.7 Å². The molecule has 1 unspecified atom stereocenters. The van der Waals surface area contributed by atoms with E-state index < -0.39 is 0 Å². The third-order valence-corrected chi connectivity index (χ3v) is 5.83. The zero-order valence-electron chi connectivity index (χ0n) is 15.4. The van der Waals surface area contributed by atoms with Crippen molar-refractivity contribution in [3.8, 4) is 5.75 Å². The maximum absolute atomic E-state index is 12.3. The third-order valence-electron chi connectivity index (χ3n) is 4.86. The fourth-order valence-corrected chi connectivity index (χ4v) is 4.09. The number of nitrogens with one attached hydrogen (secondary N) is 1. The molecule has 1 fully saturated rings. The highest BCUT2D eigenvalue weighted by molar-refractivity contribution is 7.10. The fraction of sp³-hybridized carbons (Fsp3) is 0.450. The Bertz CT molecular complexity index is 700. The molecule has 3 rings (SSSR count). The number of aryl methyl sites for hydroxylation is 1. The average Bonchev–Trinajstić information content (AvgIpc) is 3.30. The smallest absolute Gasteiger partial charge is 0.258 e. The van der Waals surface area contributed by atoms with Gasteiger partial charge in [-0.3, -0.25) is 9.69 Å². The van der Waals surface area contributed by atoms with E-state index in [2.05, 4.69) is 27.7 Å². The summed E-state index contributed by atoms with van der Waals surface area (Å²) in [7, 11) is 0. The summed E-state index contributed by atoms with van der Waals surface area (Å²) in [6.45, 7) is 6.97. The zero-order chi connectivity index (χ0) is 17.6. The van der Waals surface area contributed by atoms with Crippen molar-refractivity contribution in [1.82, 2.24) is 10.2 Å². The first-order valence-electron chi connectivity index (χ1n) is 8.88. The van der Waals surface area contributed by atoms with Crippen LogP contribution in [-0.4, -0.2) is 37.0 Å². The van der Waals surface area contributed by atoms with Crippen LogP contribution in [-0.2, 0) is 4.79 Å². The number of hydrogen-bond donors (Lipinski definition) is 1. The monoisotopic (exact) mass is 394 g/mol. The summed E-state index contributed by atoms with van der Waals surface area (Å²) in [5.74, 6) is 0.714. The van der Waals surface area contributed by atoms with Gasteiger partial charge in [0.25, 0.3) is 5.91 Å². The van der Waals surface area contributed by atoms with Gasteiger partial charge in [0, 0.05) is 11.4 Å². The van der Waals surface area contributed by atoms with Gasteiger partial charge in [-0.1, -0.05) is 18.2 Å². The molecule has 1 N–H and O–H groups in total. The Balaban J connectivity index is 0.00000243. The fourth-order valence-electron chi connectivity index (χ4n) is 3.23. The Labute approximate surface area is 166 Å². The molecule has 1 saturated heterocycles. The van der Waals surface area contributed by atoms with Crippen molar-refractivity contribution < 1.29 is 9.53 Å². The predicted molar refractivity (Wildman–Crippen MR) is 110 cm³/mol. The van der Waals surface area contributed by atoms with Crippen LogP contribution in [0.5, 0.6) is 5.75 Å². The molecular weight excluding hydrogens is 368 g/mol. The molecule has 1 aromatic carbocycles. The molecule has 0 spiro atoms. The van der Waals surface area contributed by atoms with Gasteiger partial charge >= 0.3 is 0 Å². The number of benzene rings is 1. The molecule has 4 nitrogen and oxygen atoms in total. The van der Waals surface area contributed by atoms with Gasteiger partial charge in [0.15, 0.2) is 6.61 Å². The van der Waals surface area contributed by atoms with Crippen LogP contribution in [0, 0.1) is 13.8 Å². The zero-order valence-corrected chi connectivity index (χ0v) is 17.0. The van der Waals surface area contributed by atoms with E-state index >= 15 is 0 Å². The Kier molecular flexibility index (Phi) is 7.94. The first kappa shape index (κ1) is 20.7. The lowest BCUT2D eigenvalue weighted by atomic mass is 10.1. The van der Waals surface area contributed by atoms with Gasteiger partial charge in [-0.25, -0.2) is 0 Å². The number of rotatable bonds is 7. The van der Waals surface area contributed by atoms with Crippen LogP contribution < -0.4 is 10.1 Å². The maximum Gasteiger partial charge on any atom is 0.258 e. The summed E-state index contributed by atoms with van der Waals surface area (Å²) in [6.07, 6.45) is 2.48.